The summed E-state index contributed by atoms with van der Waals surface area (Å²) in [6, 6.07) is 13.8. The molecule has 152 valence electrons. The van der Waals surface area contributed by atoms with E-state index in [2.05, 4.69) is 4.99 Å². The van der Waals surface area contributed by atoms with Crippen LogP contribution in [-0.4, -0.2) is 42.3 Å². The van der Waals surface area contributed by atoms with Crippen molar-refractivity contribution < 1.29 is 13.2 Å². The number of aryl methyl sites for hydroxylation is 3. The first-order valence-electron chi connectivity index (χ1n) is 9.62. The van der Waals surface area contributed by atoms with Crippen molar-refractivity contribution in [1.82, 2.24) is 0 Å². The van der Waals surface area contributed by atoms with Gasteiger partial charge in [0.2, 0.25) is 0 Å². The molecule has 29 heavy (non-hydrogen) atoms. The number of carbonyl (C=O) groups is 1. The molecule has 0 saturated carbocycles. The Kier molecular flexibility index (Phi) is 5.29. The number of thioether (sulfide) groups is 1. The molecule has 2 aliphatic heterocycles. The molecular weight excluding hydrogens is 404 g/mol. The Balaban J connectivity index is 1.67. The highest BCUT2D eigenvalue weighted by atomic mass is 32.2. The summed E-state index contributed by atoms with van der Waals surface area (Å²) < 4.78 is 24.4. The first kappa shape index (κ1) is 20.2. The number of hydrogen-bond acceptors (Lipinski definition) is 4. The number of amides is 1. The lowest BCUT2D eigenvalue weighted by atomic mass is 10.1. The zero-order valence-electron chi connectivity index (χ0n) is 16.8. The van der Waals surface area contributed by atoms with E-state index in [1.165, 1.54) is 11.8 Å². The van der Waals surface area contributed by atoms with E-state index in [0.29, 0.717) is 5.17 Å². The molecule has 0 spiro atoms. The van der Waals surface area contributed by atoms with Crippen molar-refractivity contribution in [3.8, 4) is 0 Å². The van der Waals surface area contributed by atoms with Crippen LogP contribution in [0.25, 0.3) is 0 Å². The lowest BCUT2D eigenvalue weighted by molar-refractivity contribution is -0.117. The average molecular weight is 429 g/mol. The minimum Gasteiger partial charge on any atom is -0.315 e. The zero-order valence-corrected chi connectivity index (χ0v) is 18.4. The van der Waals surface area contributed by atoms with Gasteiger partial charge < -0.3 is 4.90 Å². The van der Waals surface area contributed by atoms with E-state index in [1.807, 2.05) is 68.1 Å². The second-order valence-corrected chi connectivity index (χ2v) is 11.3. The average Bonchev–Trinajstić information content (AvgIpc) is 3.10. The molecule has 0 aliphatic carbocycles. The zero-order chi connectivity index (χ0) is 20.8. The quantitative estimate of drug-likeness (QED) is 0.749. The topological polar surface area (TPSA) is 66.8 Å². The number of carbonyl (C=O) groups excluding carboxylic acids is 1. The number of amidine groups is 1. The maximum Gasteiger partial charge on any atom is 0.252 e. The number of anilines is 1. The van der Waals surface area contributed by atoms with Crippen LogP contribution in [0.5, 0.6) is 0 Å². The van der Waals surface area contributed by atoms with Crippen LogP contribution in [0, 0.1) is 20.8 Å². The molecule has 2 aromatic rings. The molecule has 4 rings (SSSR count). The normalized spacial score (nSPS) is 24.1. The molecule has 2 aromatic carbocycles. The van der Waals surface area contributed by atoms with E-state index in [4.69, 9.17) is 0 Å². The van der Waals surface area contributed by atoms with Gasteiger partial charge in [0.1, 0.15) is 0 Å². The summed E-state index contributed by atoms with van der Waals surface area (Å²) >= 11 is 1.42. The minimum atomic E-state index is -3.08. The maximum atomic E-state index is 12.7. The Labute approximate surface area is 176 Å². The number of benzene rings is 2. The summed E-state index contributed by atoms with van der Waals surface area (Å²) in [6.07, 6.45) is 0.235. The predicted molar refractivity (Wildman–Crippen MR) is 120 cm³/mol. The first-order chi connectivity index (χ1) is 13.7. The smallest absolute Gasteiger partial charge is 0.252 e. The molecule has 2 aliphatic rings. The van der Waals surface area contributed by atoms with Crippen molar-refractivity contribution >= 4 is 38.4 Å². The summed E-state index contributed by atoms with van der Waals surface area (Å²) in [5.74, 6) is 0.0208. The third-order valence-electron chi connectivity index (χ3n) is 5.39. The summed E-state index contributed by atoms with van der Waals surface area (Å²) in [4.78, 5) is 19.1. The fraction of sp³-hybridized carbons (Fsp3) is 0.364. The van der Waals surface area contributed by atoms with Crippen LogP contribution >= 0.6 is 11.8 Å². The van der Waals surface area contributed by atoms with E-state index < -0.39 is 9.84 Å². The Hall–Kier alpha value is -2.12. The van der Waals surface area contributed by atoms with Gasteiger partial charge in [-0.05, 0) is 43.5 Å². The van der Waals surface area contributed by atoms with E-state index in [0.717, 1.165) is 27.9 Å². The Bertz CT molecular complexity index is 1090. The lowest BCUT2D eigenvalue weighted by Gasteiger charge is -2.26. The highest BCUT2D eigenvalue weighted by Crippen LogP contribution is 2.42. The van der Waals surface area contributed by atoms with Gasteiger partial charge in [0.05, 0.1) is 24.0 Å². The fourth-order valence-corrected chi connectivity index (χ4v) is 7.78. The minimum absolute atomic E-state index is 0.0918. The number of fused-ring (bicyclic) bond motifs is 1. The van der Waals surface area contributed by atoms with Gasteiger partial charge in [0, 0.05) is 10.9 Å². The van der Waals surface area contributed by atoms with Gasteiger partial charge in [-0.1, -0.05) is 53.7 Å². The van der Waals surface area contributed by atoms with Gasteiger partial charge in [0.25, 0.3) is 5.91 Å². The van der Waals surface area contributed by atoms with Crippen LogP contribution in [0.1, 0.15) is 22.3 Å². The number of aliphatic imine (C=N–C) groups is 1. The van der Waals surface area contributed by atoms with E-state index >= 15 is 0 Å². The predicted octanol–water partition coefficient (Wildman–Crippen LogP) is 3.46. The van der Waals surface area contributed by atoms with Gasteiger partial charge in [-0.3, -0.25) is 4.79 Å². The van der Waals surface area contributed by atoms with Crippen molar-refractivity contribution in [1.29, 1.82) is 0 Å². The molecule has 0 aromatic heterocycles. The third kappa shape index (κ3) is 4.26. The summed E-state index contributed by atoms with van der Waals surface area (Å²) in [7, 11) is -3.08. The van der Waals surface area contributed by atoms with Crippen LogP contribution in [0.3, 0.4) is 0 Å². The first-order valence-corrected chi connectivity index (χ1v) is 12.3. The van der Waals surface area contributed by atoms with Crippen LogP contribution < -0.4 is 4.90 Å². The maximum absolute atomic E-state index is 12.7. The molecule has 0 radical (unpaired) electrons. The molecule has 5 nitrogen and oxygen atoms in total. The molecular formula is C22H24N2O3S2. The SMILES string of the molecule is Cc1ccc(CC(=O)N=C2SC3CS(=O)(=O)CC3N2c2cc(C)ccc2C)cc1. The van der Waals surface area contributed by atoms with Crippen LogP contribution in [-0.2, 0) is 21.1 Å². The summed E-state index contributed by atoms with van der Waals surface area (Å²) in [5.41, 5.74) is 5.14. The Morgan fingerprint density at radius 2 is 1.76 bits per heavy atom. The lowest BCUT2D eigenvalue weighted by Crippen LogP contribution is -2.38. The molecule has 2 unspecified atom stereocenters. The summed E-state index contributed by atoms with van der Waals surface area (Å²) in [6.45, 7) is 6.02. The highest BCUT2D eigenvalue weighted by Gasteiger charge is 2.49. The van der Waals surface area contributed by atoms with E-state index in [9.17, 15) is 13.2 Å². The summed E-state index contributed by atoms with van der Waals surface area (Å²) in [5, 5.41) is 0.520. The number of hydrogen-bond donors (Lipinski definition) is 0. The standard InChI is InChI=1S/C22H24N2O3S2/c1-14-5-8-17(9-6-14)11-21(25)23-22-24(18-10-15(2)4-7-16(18)3)19-12-29(26,27)13-20(19)28-22/h4-10,19-20H,11-13H2,1-3H3. The molecule has 7 heteroatoms. The van der Waals surface area contributed by atoms with Crippen molar-refractivity contribution in [2.75, 3.05) is 16.4 Å². The number of rotatable bonds is 3. The van der Waals surface area contributed by atoms with E-state index in [1.54, 1.807) is 0 Å². The van der Waals surface area contributed by atoms with Gasteiger partial charge in [-0.2, -0.15) is 4.99 Å². The second kappa shape index (κ2) is 7.61. The number of nitrogens with zero attached hydrogens (tertiary/aromatic N) is 2. The van der Waals surface area contributed by atoms with Crippen LogP contribution in [0.2, 0.25) is 0 Å². The molecule has 0 N–H and O–H groups in total. The molecule has 2 fully saturated rings. The molecule has 2 atom stereocenters. The Morgan fingerprint density at radius 1 is 1.07 bits per heavy atom. The van der Waals surface area contributed by atoms with Gasteiger partial charge in [0.15, 0.2) is 15.0 Å². The van der Waals surface area contributed by atoms with Crippen molar-refractivity contribution in [3.63, 3.8) is 0 Å². The molecule has 2 saturated heterocycles. The van der Waals surface area contributed by atoms with E-state index in [-0.39, 0.29) is 35.1 Å². The highest BCUT2D eigenvalue weighted by molar-refractivity contribution is 8.16. The molecule has 0 bridgehead atoms. The van der Waals surface area contributed by atoms with Crippen molar-refractivity contribution in [2.45, 2.75) is 38.5 Å². The number of sulfone groups is 1. The monoisotopic (exact) mass is 428 g/mol. The third-order valence-corrected chi connectivity index (χ3v) is 8.60. The molecule has 1 amide bonds. The fourth-order valence-electron chi connectivity index (χ4n) is 3.85. The Morgan fingerprint density at radius 3 is 2.48 bits per heavy atom. The van der Waals surface area contributed by atoms with Crippen molar-refractivity contribution in [2.24, 2.45) is 4.99 Å². The molecule has 2 heterocycles. The van der Waals surface area contributed by atoms with Crippen LogP contribution in [0.4, 0.5) is 5.69 Å². The van der Waals surface area contributed by atoms with Gasteiger partial charge in [-0.25, -0.2) is 8.42 Å². The van der Waals surface area contributed by atoms with Gasteiger partial charge in [-0.15, -0.1) is 0 Å². The van der Waals surface area contributed by atoms with Gasteiger partial charge >= 0.3 is 0 Å². The van der Waals surface area contributed by atoms with Crippen LogP contribution in [0.15, 0.2) is 47.5 Å². The van der Waals surface area contributed by atoms with Crippen molar-refractivity contribution in [3.05, 3.63) is 64.7 Å². The largest absolute Gasteiger partial charge is 0.315 e. The second-order valence-electron chi connectivity index (χ2n) is 7.91.